The van der Waals surface area contributed by atoms with E-state index in [9.17, 15) is 5.11 Å². The predicted molar refractivity (Wildman–Crippen MR) is 155 cm³/mol. The third-order valence-electron chi connectivity index (χ3n) is 8.19. The van der Waals surface area contributed by atoms with E-state index in [0.29, 0.717) is 39.6 Å². The highest BCUT2D eigenvalue weighted by atomic mass is 32.2. The third-order valence-corrected chi connectivity index (χ3v) is 9.70. The molecule has 1 saturated heterocycles. The number of nitrogens with zero attached hydrogens (tertiary/aromatic N) is 2. The molecular formula is C33H30N2O2S. The Balaban J connectivity index is 1.30. The van der Waals surface area contributed by atoms with Crippen molar-refractivity contribution in [3.63, 3.8) is 0 Å². The van der Waals surface area contributed by atoms with Crippen LogP contribution in [0.15, 0.2) is 107 Å². The van der Waals surface area contributed by atoms with Gasteiger partial charge in [0, 0.05) is 34.0 Å². The van der Waals surface area contributed by atoms with Gasteiger partial charge in [0.2, 0.25) is 5.88 Å². The van der Waals surface area contributed by atoms with Gasteiger partial charge in [-0.3, -0.25) is 0 Å². The second-order valence-electron chi connectivity index (χ2n) is 10.4. The van der Waals surface area contributed by atoms with E-state index >= 15 is 0 Å². The van der Waals surface area contributed by atoms with Crippen molar-refractivity contribution in [2.45, 2.75) is 36.2 Å². The highest BCUT2D eigenvalue weighted by Crippen LogP contribution is 2.56. The van der Waals surface area contributed by atoms with E-state index in [1.54, 1.807) is 19.2 Å². The highest BCUT2D eigenvalue weighted by Gasteiger charge is 2.46. The van der Waals surface area contributed by atoms with E-state index in [2.05, 4.69) is 71.4 Å². The largest absolute Gasteiger partial charge is 0.507 e. The van der Waals surface area contributed by atoms with E-state index in [1.165, 1.54) is 27.9 Å². The molecule has 4 aliphatic carbocycles. The van der Waals surface area contributed by atoms with E-state index in [1.807, 2.05) is 18.2 Å². The lowest BCUT2D eigenvalue weighted by atomic mass is 9.70. The summed E-state index contributed by atoms with van der Waals surface area (Å²) in [5, 5.41) is 11.3. The Morgan fingerprint density at radius 3 is 2.68 bits per heavy atom. The molecule has 4 nitrogen and oxygen atoms in total. The van der Waals surface area contributed by atoms with Crippen LogP contribution < -0.4 is 4.74 Å². The topological polar surface area (TPSA) is 55.2 Å². The number of hydrogen-bond acceptors (Lipinski definition) is 5. The van der Waals surface area contributed by atoms with Gasteiger partial charge in [0.15, 0.2) is 5.82 Å². The van der Waals surface area contributed by atoms with Gasteiger partial charge in [-0.05, 0) is 60.1 Å². The van der Waals surface area contributed by atoms with Crippen LogP contribution in [0.2, 0.25) is 0 Å². The van der Waals surface area contributed by atoms with Gasteiger partial charge in [0.25, 0.3) is 0 Å². The van der Waals surface area contributed by atoms with Gasteiger partial charge in [-0.1, -0.05) is 66.8 Å². The Hall–Kier alpha value is -3.57. The van der Waals surface area contributed by atoms with Crippen LogP contribution in [0.5, 0.6) is 11.6 Å². The van der Waals surface area contributed by atoms with E-state index in [-0.39, 0.29) is 5.75 Å². The molecule has 0 bridgehead atoms. The van der Waals surface area contributed by atoms with Crippen LogP contribution in [0.1, 0.15) is 31.4 Å². The minimum Gasteiger partial charge on any atom is -0.507 e. The molecule has 1 aromatic carbocycles. The number of aromatic hydroxyl groups is 1. The first-order chi connectivity index (χ1) is 18.7. The van der Waals surface area contributed by atoms with Crippen molar-refractivity contribution in [2.24, 2.45) is 11.8 Å². The average molecular weight is 519 g/mol. The van der Waals surface area contributed by atoms with Crippen molar-refractivity contribution in [3.05, 3.63) is 113 Å². The monoisotopic (exact) mass is 518 g/mol. The number of phenols is 1. The molecule has 1 aromatic heterocycles. The van der Waals surface area contributed by atoms with Crippen molar-refractivity contribution in [1.82, 2.24) is 9.97 Å². The maximum atomic E-state index is 10.5. The lowest BCUT2D eigenvalue weighted by molar-refractivity contribution is 0.397. The Labute approximate surface area is 227 Å². The first-order valence-electron chi connectivity index (χ1n) is 13.5. The molecule has 0 radical (unpaired) electrons. The van der Waals surface area contributed by atoms with Crippen LogP contribution in [0, 0.1) is 11.8 Å². The summed E-state index contributed by atoms with van der Waals surface area (Å²) in [5.74, 6) is 2.10. The summed E-state index contributed by atoms with van der Waals surface area (Å²) >= 11 is 2.08. The van der Waals surface area contributed by atoms with Gasteiger partial charge in [-0.15, -0.1) is 11.8 Å². The Bertz CT molecular complexity index is 1520. The molecule has 4 unspecified atom stereocenters. The summed E-state index contributed by atoms with van der Waals surface area (Å²) in [5.41, 5.74) is 8.21. The zero-order valence-corrected chi connectivity index (χ0v) is 22.2. The fraction of sp³-hybridized carbons (Fsp3) is 0.273. The van der Waals surface area contributed by atoms with Crippen LogP contribution in [-0.2, 0) is 0 Å². The Morgan fingerprint density at radius 1 is 0.947 bits per heavy atom. The molecule has 1 aliphatic heterocycles. The van der Waals surface area contributed by atoms with Gasteiger partial charge in [-0.2, -0.15) is 4.98 Å². The van der Waals surface area contributed by atoms with E-state index in [4.69, 9.17) is 9.72 Å². The molecule has 2 heterocycles. The first kappa shape index (κ1) is 23.5. The maximum Gasteiger partial charge on any atom is 0.217 e. The predicted octanol–water partition coefficient (Wildman–Crippen LogP) is 7.39. The van der Waals surface area contributed by atoms with Gasteiger partial charge in [0.1, 0.15) is 5.75 Å². The zero-order chi connectivity index (χ0) is 25.6. The number of phenolic OH excluding ortho intramolecular Hbond substituents is 1. The van der Waals surface area contributed by atoms with E-state index < -0.39 is 0 Å². The molecule has 4 atom stereocenters. The summed E-state index contributed by atoms with van der Waals surface area (Å²) in [6, 6.07) is 9.14. The molecule has 0 spiro atoms. The molecule has 5 aliphatic rings. The molecule has 0 amide bonds. The normalized spacial score (nSPS) is 27.2. The fourth-order valence-corrected chi connectivity index (χ4v) is 8.14. The third kappa shape index (κ3) is 4.01. The molecule has 0 saturated carbocycles. The number of hydrogen-bond donors (Lipinski definition) is 1. The summed E-state index contributed by atoms with van der Waals surface area (Å²) in [7, 11) is 1.63. The number of aromatic nitrogens is 2. The Morgan fingerprint density at radius 2 is 1.84 bits per heavy atom. The van der Waals surface area contributed by atoms with Gasteiger partial charge >= 0.3 is 0 Å². The number of para-hydroxylation sites is 1. The minimum atomic E-state index is 0.164. The van der Waals surface area contributed by atoms with Gasteiger partial charge in [-0.25, -0.2) is 4.98 Å². The Kier molecular flexibility index (Phi) is 5.96. The number of ether oxygens (including phenoxy) is 1. The zero-order valence-electron chi connectivity index (χ0n) is 21.4. The molecule has 190 valence electrons. The van der Waals surface area contributed by atoms with Crippen LogP contribution in [-0.4, -0.2) is 32.7 Å². The number of methoxy groups -OCH3 is 1. The summed E-state index contributed by atoms with van der Waals surface area (Å²) in [4.78, 5) is 9.55. The van der Waals surface area contributed by atoms with Crippen molar-refractivity contribution in [3.8, 4) is 23.0 Å². The first-order valence-corrected chi connectivity index (χ1v) is 14.4. The summed E-state index contributed by atoms with van der Waals surface area (Å²) < 4.78 is 5.59. The molecule has 38 heavy (non-hydrogen) atoms. The molecule has 1 fully saturated rings. The van der Waals surface area contributed by atoms with Crippen LogP contribution in [0.25, 0.3) is 17.0 Å². The molecule has 2 aromatic rings. The van der Waals surface area contributed by atoms with Gasteiger partial charge in [0.05, 0.1) is 18.4 Å². The van der Waals surface area contributed by atoms with Crippen molar-refractivity contribution in [1.29, 1.82) is 0 Å². The van der Waals surface area contributed by atoms with Crippen LogP contribution >= 0.6 is 11.8 Å². The lowest BCUT2D eigenvalue weighted by Gasteiger charge is -2.33. The molecular weight excluding hydrogens is 488 g/mol. The van der Waals surface area contributed by atoms with Crippen LogP contribution in [0.4, 0.5) is 0 Å². The average Bonchev–Trinajstić information content (AvgIpc) is 3.35. The summed E-state index contributed by atoms with van der Waals surface area (Å²) in [6.07, 6.45) is 25.7. The maximum absolute atomic E-state index is 10.5. The molecule has 7 rings (SSSR count). The smallest absolute Gasteiger partial charge is 0.217 e. The SMILES string of the molecule is COc1cc(C2=CC3SC4C=C(C5=CCCC=C5)C=CC4C3C3=C2CCC=C3)nc(-c2ccccc2O)n1. The number of allylic oxidation sites excluding steroid dienone is 12. The lowest BCUT2D eigenvalue weighted by Crippen LogP contribution is -2.27. The van der Waals surface area contributed by atoms with Crippen LogP contribution in [0.3, 0.4) is 0 Å². The van der Waals surface area contributed by atoms with Gasteiger partial charge < -0.3 is 9.84 Å². The minimum absolute atomic E-state index is 0.164. The number of benzene rings is 1. The number of fused-ring (bicyclic) bond motifs is 4. The number of thioether (sulfide) groups is 1. The summed E-state index contributed by atoms with van der Waals surface area (Å²) in [6.45, 7) is 0. The quantitative estimate of drug-likeness (QED) is 0.457. The second kappa shape index (κ2) is 9.63. The molecule has 5 heteroatoms. The van der Waals surface area contributed by atoms with Crippen molar-refractivity contribution >= 4 is 17.3 Å². The standard InChI is InChI=1S/C33H30N2O2S/c1-37-31-19-27(34-33(35-31)24-13-7-8-14-28(24)36)26-18-30-32(23-12-6-5-11-22(23)26)25-16-15-21(17-29(25)38-30)20-9-3-2-4-10-20/h3,6-10,12-19,25,29-30,32,36H,2,4-5,11H2,1H3. The molecule has 1 N–H and O–H groups in total. The van der Waals surface area contributed by atoms with E-state index in [0.717, 1.165) is 31.4 Å². The van der Waals surface area contributed by atoms with Crippen molar-refractivity contribution in [2.75, 3.05) is 7.11 Å². The van der Waals surface area contributed by atoms with Crippen molar-refractivity contribution < 1.29 is 9.84 Å². The second-order valence-corrected chi connectivity index (χ2v) is 11.7. The number of rotatable bonds is 4. The highest BCUT2D eigenvalue weighted by molar-refractivity contribution is 8.01. The fourth-order valence-electron chi connectivity index (χ4n) is 6.40.